The van der Waals surface area contributed by atoms with Crippen LogP contribution >= 0.6 is 11.3 Å². The number of rotatable bonds is 7. The number of allylic oxidation sites excluding steroid dienone is 1. The van der Waals surface area contributed by atoms with Crippen molar-refractivity contribution in [1.82, 2.24) is 15.2 Å². The fraction of sp³-hybridized carbons (Fsp3) is 0.500. The molecule has 25 heavy (non-hydrogen) atoms. The van der Waals surface area contributed by atoms with E-state index in [9.17, 15) is 4.79 Å². The number of benzene rings is 1. The molecule has 1 heterocycles. The predicted molar refractivity (Wildman–Crippen MR) is 105 cm³/mol. The number of nitrogens with one attached hydrogen (secondary N) is 1. The van der Waals surface area contributed by atoms with Crippen LogP contribution < -0.4 is 5.32 Å². The number of amides is 1. The Bertz CT molecular complexity index is 719. The highest BCUT2D eigenvalue weighted by Gasteiger charge is 2.19. The average Bonchev–Trinajstić information content (AvgIpc) is 3.04. The number of hydrogen-bond acceptors (Lipinski definition) is 4. The Kier molecular flexibility index (Phi) is 6.21. The van der Waals surface area contributed by atoms with Crippen LogP contribution in [0.2, 0.25) is 0 Å². The number of fused-ring (bicyclic) bond motifs is 1. The van der Waals surface area contributed by atoms with E-state index in [2.05, 4.69) is 27.3 Å². The van der Waals surface area contributed by atoms with Crippen LogP contribution in [0.15, 0.2) is 35.9 Å². The first kappa shape index (κ1) is 18.1. The van der Waals surface area contributed by atoms with Crippen molar-refractivity contribution in [2.75, 3.05) is 13.6 Å². The number of aromatic nitrogens is 1. The maximum absolute atomic E-state index is 12.4. The molecule has 1 aromatic heterocycles. The van der Waals surface area contributed by atoms with Crippen LogP contribution in [0.5, 0.6) is 0 Å². The molecule has 0 spiro atoms. The number of para-hydroxylation sites is 1. The van der Waals surface area contributed by atoms with E-state index < -0.39 is 0 Å². The molecule has 0 saturated carbocycles. The number of nitrogens with zero attached hydrogens (tertiary/aromatic N) is 2. The van der Waals surface area contributed by atoms with Crippen LogP contribution in [0, 0.1) is 0 Å². The van der Waals surface area contributed by atoms with Gasteiger partial charge in [-0.2, -0.15) is 0 Å². The molecule has 1 amide bonds. The van der Waals surface area contributed by atoms with E-state index in [-0.39, 0.29) is 11.9 Å². The molecule has 0 fully saturated rings. The number of hydrogen-bond donors (Lipinski definition) is 1. The molecule has 134 valence electrons. The molecule has 1 aliphatic carbocycles. The van der Waals surface area contributed by atoms with Gasteiger partial charge in [-0.3, -0.25) is 9.69 Å². The van der Waals surface area contributed by atoms with Gasteiger partial charge in [-0.1, -0.05) is 23.8 Å². The van der Waals surface area contributed by atoms with Crippen molar-refractivity contribution in [1.29, 1.82) is 0 Å². The minimum atomic E-state index is -0.160. The summed E-state index contributed by atoms with van der Waals surface area (Å²) in [6, 6.07) is 8.00. The van der Waals surface area contributed by atoms with E-state index in [1.807, 2.05) is 32.2 Å². The summed E-state index contributed by atoms with van der Waals surface area (Å²) < 4.78 is 1.20. The fourth-order valence-corrected chi connectivity index (χ4v) is 4.19. The lowest BCUT2D eigenvalue weighted by Crippen LogP contribution is -2.43. The first-order valence-electron chi connectivity index (χ1n) is 9.14. The summed E-state index contributed by atoms with van der Waals surface area (Å²) in [5.41, 5.74) is 2.54. The minimum absolute atomic E-state index is 0.0972. The Morgan fingerprint density at radius 3 is 2.96 bits per heavy atom. The van der Waals surface area contributed by atoms with Crippen molar-refractivity contribution in [3.63, 3.8) is 0 Å². The van der Waals surface area contributed by atoms with E-state index in [1.165, 1.54) is 36.0 Å². The van der Waals surface area contributed by atoms with Gasteiger partial charge in [0.15, 0.2) is 0 Å². The molecule has 0 aliphatic heterocycles. The van der Waals surface area contributed by atoms with E-state index in [4.69, 9.17) is 0 Å². The minimum Gasteiger partial charge on any atom is -0.354 e. The predicted octanol–water partition coefficient (Wildman–Crippen LogP) is 4.12. The van der Waals surface area contributed by atoms with E-state index >= 15 is 0 Å². The molecule has 3 rings (SSSR count). The average molecular weight is 358 g/mol. The Morgan fingerprint density at radius 2 is 2.20 bits per heavy atom. The largest absolute Gasteiger partial charge is 0.354 e. The molecular formula is C20H27N3OS. The van der Waals surface area contributed by atoms with Gasteiger partial charge < -0.3 is 5.32 Å². The number of likely N-dealkylation sites (N-methyl/N-ethyl adjacent to an activating group) is 1. The van der Waals surface area contributed by atoms with Crippen LogP contribution in [-0.4, -0.2) is 35.4 Å². The van der Waals surface area contributed by atoms with Crippen LogP contribution in [0.3, 0.4) is 0 Å². The zero-order valence-electron chi connectivity index (χ0n) is 15.1. The molecule has 1 aliphatic rings. The van der Waals surface area contributed by atoms with Crippen molar-refractivity contribution in [3.8, 4) is 0 Å². The Morgan fingerprint density at radius 1 is 1.36 bits per heavy atom. The summed E-state index contributed by atoms with van der Waals surface area (Å²) in [7, 11) is 1.99. The molecule has 0 saturated heterocycles. The monoisotopic (exact) mass is 357 g/mol. The maximum atomic E-state index is 12.4. The van der Waals surface area contributed by atoms with Gasteiger partial charge in [-0.05, 0) is 58.2 Å². The second-order valence-electron chi connectivity index (χ2n) is 6.82. The van der Waals surface area contributed by atoms with E-state index in [0.29, 0.717) is 6.54 Å². The number of carbonyl (C=O) groups is 1. The molecule has 0 unspecified atom stereocenters. The molecule has 5 heteroatoms. The summed E-state index contributed by atoms with van der Waals surface area (Å²) in [5, 5.41) is 4.14. The topological polar surface area (TPSA) is 45.2 Å². The first-order chi connectivity index (χ1) is 12.1. The lowest BCUT2D eigenvalue weighted by molar-refractivity contribution is -0.125. The standard InChI is InChI=1S/C20H27N3OS/c1-15(20(24)21-13-12-16-8-4-3-5-9-16)23(2)14-19-22-17-10-6-7-11-18(17)25-19/h6-8,10-11,15H,3-5,9,12-14H2,1-2H3,(H,21,24)/t15-/m1/s1. The summed E-state index contributed by atoms with van der Waals surface area (Å²) >= 11 is 1.70. The molecule has 0 radical (unpaired) electrons. The summed E-state index contributed by atoms with van der Waals surface area (Å²) in [5.74, 6) is 0.0972. The lowest BCUT2D eigenvalue weighted by Gasteiger charge is -2.23. The van der Waals surface area contributed by atoms with Gasteiger partial charge in [0.05, 0.1) is 22.8 Å². The number of thiazole rings is 1. The highest BCUT2D eigenvalue weighted by molar-refractivity contribution is 7.18. The van der Waals surface area contributed by atoms with Crippen molar-refractivity contribution >= 4 is 27.5 Å². The summed E-state index contributed by atoms with van der Waals surface area (Å²) in [6.45, 7) is 3.39. The van der Waals surface area contributed by atoms with Gasteiger partial charge in [0.1, 0.15) is 5.01 Å². The van der Waals surface area contributed by atoms with Gasteiger partial charge in [0, 0.05) is 6.54 Å². The Hall–Kier alpha value is -1.72. The third kappa shape index (κ3) is 4.89. The highest BCUT2D eigenvalue weighted by Crippen LogP contribution is 2.23. The van der Waals surface area contributed by atoms with Crippen molar-refractivity contribution in [2.24, 2.45) is 0 Å². The second-order valence-corrected chi connectivity index (χ2v) is 7.93. The Labute approximate surface area is 153 Å². The van der Waals surface area contributed by atoms with Crippen molar-refractivity contribution in [3.05, 3.63) is 40.9 Å². The number of carbonyl (C=O) groups excluding carboxylic acids is 1. The molecule has 1 aromatic carbocycles. The Balaban J connectivity index is 1.48. The third-order valence-corrected chi connectivity index (χ3v) is 5.91. The zero-order valence-corrected chi connectivity index (χ0v) is 15.9. The van der Waals surface area contributed by atoms with Crippen LogP contribution in [-0.2, 0) is 11.3 Å². The van der Waals surface area contributed by atoms with Gasteiger partial charge in [0.2, 0.25) is 5.91 Å². The maximum Gasteiger partial charge on any atom is 0.237 e. The molecule has 1 N–H and O–H groups in total. The normalized spacial score (nSPS) is 16.0. The van der Waals surface area contributed by atoms with E-state index in [0.717, 1.165) is 23.5 Å². The van der Waals surface area contributed by atoms with Crippen LogP contribution in [0.1, 0.15) is 44.0 Å². The molecule has 0 bridgehead atoms. The molecule has 1 atom stereocenters. The fourth-order valence-electron chi connectivity index (χ4n) is 3.16. The molecule has 4 nitrogen and oxygen atoms in total. The lowest BCUT2D eigenvalue weighted by atomic mass is 9.97. The smallest absolute Gasteiger partial charge is 0.237 e. The summed E-state index contributed by atoms with van der Waals surface area (Å²) in [6.07, 6.45) is 8.33. The third-order valence-electron chi connectivity index (χ3n) is 4.89. The molecule has 2 aromatic rings. The second kappa shape index (κ2) is 8.59. The quantitative estimate of drug-likeness (QED) is 0.758. The van der Waals surface area contributed by atoms with E-state index in [1.54, 1.807) is 11.3 Å². The molecular weight excluding hydrogens is 330 g/mol. The van der Waals surface area contributed by atoms with Gasteiger partial charge in [0.25, 0.3) is 0 Å². The zero-order chi connectivity index (χ0) is 17.6. The SMILES string of the molecule is C[C@H](C(=O)NCCC1=CCCCC1)N(C)Cc1nc2ccccc2s1. The summed E-state index contributed by atoms with van der Waals surface area (Å²) in [4.78, 5) is 19.1. The highest BCUT2D eigenvalue weighted by atomic mass is 32.1. The van der Waals surface area contributed by atoms with Crippen molar-refractivity contribution in [2.45, 2.75) is 51.6 Å². The van der Waals surface area contributed by atoms with Gasteiger partial charge in [-0.15, -0.1) is 11.3 Å². The van der Waals surface area contributed by atoms with Gasteiger partial charge in [-0.25, -0.2) is 4.98 Å². The first-order valence-corrected chi connectivity index (χ1v) is 9.95. The van der Waals surface area contributed by atoms with Crippen molar-refractivity contribution < 1.29 is 4.79 Å². The van der Waals surface area contributed by atoms with Crippen LogP contribution in [0.25, 0.3) is 10.2 Å². The van der Waals surface area contributed by atoms with Crippen LogP contribution in [0.4, 0.5) is 0 Å². The van der Waals surface area contributed by atoms with Gasteiger partial charge >= 0.3 is 0 Å².